The molecule has 0 aliphatic carbocycles. The summed E-state index contributed by atoms with van der Waals surface area (Å²) >= 11 is 0. The molecule has 0 fully saturated rings. The Labute approximate surface area is 207 Å². The van der Waals surface area contributed by atoms with Crippen molar-refractivity contribution in [2.75, 3.05) is 0 Å². The Bertz CT molecular complexity index is 953. The van der Waals surface area contributed by atoms with Crippen molar-refractivity contribution in [3.05, 3.63) is 48.0 Å². The average molecular weight is 460 g/mol. The predicted octanol–water partition coefficient (Wildman–Crippen LogP) is 7.88. The molecule has 0 aliphatic heterocycles. The third-order valence-electron chi connectivity index (χ3n) is 6.03. The summed E-state index contributed by atoms with van der Waals surface area (Å²) < 4.78 is 0. The Kier molecular flexibility index (Phi) is 15.1. The average Bonchev–Trinajstić information content (AvgIpc) is 2.86. The van der Waals surface area contributed by atoms with E-state index in [1.807, 2.05) is 24.3 Å². The van der Waals surface area contributed by atoms with Gasteiger partial charge in [0.1, 0.15) is 5.92 Å². The molecule has 0 spiro atoms. The van der Waals surface area contributed by atoms with Crippen molar-refractivity contribution < 1.29 is 9.63 Å². The first-order valence-electron chi connectivity index (χ1n) is 13.2. The number of hydrogen-bond donors (Lipinski definition) is 1. The van der Waals surface area contributed by atoms with Crippen LogP contribution in [-0.2, 0) is 16.2 Å². The summed E-state index contributed by atoms with van der Waals surface area (Å²) in [6, 6.07) is 14.2. The molecule has 2 rings (SSSR count). The fourth-order valence-electron chi connectivity index (χ4n) is 4.07. The molecule has 0 bridgehead atoms. The highest BCUT2D eigenvalue weighted by molar-refractivity contribution is 5.89. The summed E-state index contributed by atoms with van der Waals surface area (Å²) in [4.78, 5) is 16.7. The molecule has 0 heterocycles. The summed E-state index contributed by atoms with van der Waals surface area (Å²) in [6.07, 6.45) is 18.3. The van der Waals surface area contributed by atoms with Gasteiger partial charge in [-0.05, 0) is 34.2 Å². The van der Waals surface area contributed by atoms with Crippen LogP contribution in [0.4, 0.5) is 0 Å². The number of carbonyl (C=O) groups is 1. The van der Waals surface area contributed by atoms with Crippen molar-refractivity contribution in [3.8, 4) is 23.7 Å². The number of fused-ring (bicyclic) bond motifs is 1. The lowest BCUT2D eigenvalue weighted by atomic mass is 10.0. The fraction of sp³-hybridized carbons (Fsp3) is 0.516. The number of hydroxylamine groups is 1. The minimum absolute atomic E-state index is 0.430. The highest BCUT2D eigenvalue weighted by Gasteiger charge is 2.13. The lowest BCUT2D eigenvalue weighted by molar-refractivity contribution is -0.144. The van der Waals surface area contributed by atoms with E-state index in [1.165, 1.54) is 77.0 Å². The van der Waals surface area contributed by atoms with Crippen LogP contribution in [0.25, 0.3) is 10.8 Å². The Morgan fingerprint density at radius 3 is 2.09 bits per heavy atom. The Balaban J connectivity index is 1.45. The molecule has 3 nitrogen and oxygen atoms in total. The Hall–Kier alpha value is -2.75. The summed E-state index contributed by atoms with van der Waals surface area (Å²) in [7, 11) is 0. The summed E-state index contributed by atoms with van der Waals surface area (Å²) in [5, 5.41) is 2.30. The fourth-order valence-corrected chi connectivity index (χ4v) is 4.07. The third kappa shape index (κ3) is 12.5. The highest BCUT2D eigenvalue weighted by Crippen LogP contribution is 2.18. The van der Waals surface area contributed by atoms with Gasteiger partial charge in [-0.25, -0.2) is 0 Å². The van der Waals surface area contributed by atoms with Crippen LogP contribution in [0, 0.1) is 23.7 Å². The summed E-state index contributed by atoms with van der Waals surface area (Å²) in [5.41, 5.74) is 3.77. The number of rotatable bonds is 16. The predicted molar refractivity (Wildman–Crippen MR) is 143 cm³/mol. The van der Waals surface area contributed by atoms with Gasteiger partial charge in [0, 0.05) is 12.3 Å². The second kappa shape index (κ2) is 18.7. The molecule has 34 heavy (non-hydrogen) atoms. The lowest BCUT2D eigenvalue weighted by Gasteiger charge is -2.03. The minimum atomic E-state index is -0.615. The molecule has 2 aromatic rings. The van der Waals surface area contributed by atoms with E-state index in [2.05, 4.69) is 54.3 Å². The molecule has 0 atom stereocenters. The number of unbranched alkanes of at least 4 members (excludes halogenated alkanes) is 13. The number of hydrogen-bond acceptors (Lipinski definition) is 3. The maximum atomic E-state index is 11.7. The van der Waals surface area contributed by atoms with Gasteiger partial charge in [-0.15, -0.1) is 0 Å². The summed E-state index contributed by atoms with van der Waals surface area (Å²) in [5.74, 6) is 10.2. The Morgan fingerprint density at radius 1 is 0.765 bits per heavy atom. The van der Waals surface area contributed by atoms with Crippen LogP contribution in [0.5, 0.6) is 0 Å². The molecule has 0 saturated heterocycles. The van der Waals surface area contributed by atoms with Crippen molar-refractivity contribution in [1.82, 2.24) is 5.48 Å². The molecule has 2 aromatic carbocycles. The van der Waals surface area contributed by atoms with Gasteiger partial charge in [0.25, 0.3) is 0 Å². The van der Waals surface area contributed by atoms with Gasteiger partial charge in [-0.3, -0.25) is 0 Å². The van der Waals surface area contributed by atoms with E-state index in [0.717, 1.165) is 29.2 Å². The smallest absolute Gasteiger partial charge is 0.188 e. The quantitative estimate of drug-likeness (QED) is 0.120. The van der Waals surface area contributed by atoms with Crippen molar-refractivity contribution >= 4 is 16.7 Å². The largest absolute Gasteiger partial charge is 0.679 e. The first-order chi connectivity index (χ1) is 16.8. The second-order valence-corrected chi connectivity index (χ2v) is 8.89. The van der Waals surface area contributed by atoms with Gasteiger partial charge < -0.3 is 0 Å². The van der Waals surface area contributed by atoms with Gasteiger partial charge in [-0.2, -0.15) is 4.84 Å². The van der Waals surface area contributed by atoms with E-state index >= 15 is 0 Å². The van der Waals surface area contributed by atoms with Gasteiger partial charge in [0.2, 0.25) is 0 Å². The number of nitrogens with one attached hydrogen (secondary N) is 1. The third-order valence-corrected chi connectivity index (χ3v) is 6.03. The number of carbonyl (C=O) groups excluding carboxylic acids is 1. The van der Waals surface area contributed by atoms with Crippen LogP contribution in [-0.4, -0.2) is 5.97 Å². The normalized spacial score (nSPS) is 10.3. The van der Waals surface area contributed by atoms with E-state index in [1.54, 1.807) is 0 Å². The summed E-state index contributed by atoms with van der Waals surface area (Å²) in [6.45, 7) is 2.70. The molecule has 181 valence electrons. The van der Waals surface area contributed by atoms with Crippen molar-refractivity contribution in [3.63, 3.8) is 0 Å². The van der Waals surface area contributed by atoms with Crippen molar-refractivity contribution in [1.29, 1.82) is 0 Å². The first-order valence-corrected chi connectivity index (χ1v) is 13.2. The zero-order valence-corrected chi connectivity index (χ0v) is 21.0. The van der Waals surface area contributed by atoms with Gasteiger partial charge in [-0.1, -0.05) is 132 Å². The molecule has 0 unspecified atom stereocenters. The standard InChI is InChI=1S/C31H41NO2/c1-2-3-4-5-6-7-8-9-10-11-12-13-14-15-16-17-18-26-31(33)34-32-27-29-24-21-23-28-22-19-20-25-30(28)29/h19-25,32H,2-15,27H2,1H3/q+1. The maximum absolute atomic E-state index is 11.7. The van der Waals surface area contributed by atoms with Crippen LogP contribution < -0.4 is 5.48 Å². The minimum Gasteiger partial charge on any atom is -0.188 e. The van der Waals surface area contributed by atoms with Crippen LogP contribution >= 0.6 is 0 Å². The molecule has 1 N–H and O–H groups in total. The van der Waals surface area contributed by atoms with E-state index in [-0.39, 0.29) is 0 Å². The van der Waals surface area contributed by atoms with Gasteiger partial charge >= 0.3 is 5.97 Å². The van der Waals surface area contributed by atoms with Gasteiger partial charge in [0.15, 0.2) is 0 Å². The molecule has 3 heteroatoms. The van der Waals surface area contributed by atoms with Crippen molar-refractivity contribution in [2.24, 2.45) is 0 Å². The molecule has 0 aliphatic rings. The molecule has 1 radical (unpaired) electrons. The number of benzene rings is 2. The highest BCUT2D eigenvalue weighted by atomic mass is 16.7. The van der Waals surface area contributed by atoms with Crippen LogP contribution in [0.1, 0.15) is 102 Å². The SMILES string of the molecule is CCCCCCCCCCCCCCCC#CC#CC(=[O+])ONCc1cccc2ccccc12. The van der Waals surface area contributed by atoms with Crippen LogP contribution in [0.3, 0.4) is 0 Å². The topological polar surface area (TPSA) is 41.2 Å². The molecule has 0 saturated carbocycles. The first kappa shape index (κ1) is 27.5. The van der Waals surface area contributed by atoms with E-state index in [4.69, 9.17) is 4.84 Å². The maximum Gasteiger partial charge on any atom is 0.679 e. The van der Waals surface area contributed by atoms with E-state index in [0.29, 0.717) is 6.54 Å². The molecule has 0 aromatic heterocycles. The Morgan fingerprint density at radius 2 is 1.38 bits per heavy atom. The van der Waals surface area contributed by atoms with E-state index < -0.39 is 5.97 Å². The monoisotopic (exact) mass is 459 g/mol. The zero-order valence-electron chi connectivity index (χ0n) is 21.0. The lowest BCUT2D eigenvalue weighted by Crippen LogP contribution is -2.18. The van der Waals surface area contributed by atoms with Crippen LogP contribution in [0.2, 0.25) is 0 Å². The zero-order chi connectivity index (χ0) is 24.1. The van der Waals surface area contributed by atoms with Crippen molar-refractivity contribution in [2.45, 2.75) is 103 Å². The van der Waals surface area contributed by atoms with Gasteiger partial charge in [0.05, 0.1) is 11.3 Å². The molecular weight excluding hydrogens is 418 g/mol. The second-order valence-electron chi connectivity index (χ2n) is 8.89. The molecule has 0 amide bonds. The van der Waals surface area contributed by atoms with E-state index in [9.17, 15) is 4.79 Å². The van der Waals surface area contributed by atoms with Crippen LogP contribution in [0.15, 0.2) is 42.5 Å². The molecular formula is C31H41NO2+.